The van der Waals surface area contributed by atoms with Crippen molar-refractivity contribution in [1.82, 2.24) is 14.8 Å². The molecule has 1 aromatic carbocycles. The lowest BCUT2D eigenvalue weighted by molar-refractivity contribution is -0.113. The molecular formula is C13H17N5OS. The fourth-order valence-electron chi connectivity index (χ4n) is 1.57. The number of hydrogen-bond acceptors (Lipinski definition) is 5. The number of carbonyl (C=O) groups is 1. The summed E-state index contributed by atoms with van der Waals surface area (Å²) in [6.45, 7) is 0. The van der Waals surface area contributed by atoms with Crippen LogP contribution >= 0.6 is 11.8 Å². The summed E-state index contributed by atoms with van der Waals surface area (Å²) >= 11 is 1.36. The number of rotatable bonds is 5. The third kappa shape index (κ3) is 3.74. The van der Waals surface area contributed by atoms with Crippen LogP contribution < -0.4 is 10.2 Å². The van der Waals surface area contributed by atoms with Gasteiger partial charge < -0.3 is 14.8 Å². The highest BCUT2D eigenvalue weighted by atomic mass is 32.2. The SMILES string of the molecule is CN(C)c1ccc(NC(=O)CSc2nncn2C)cc1. The lowest BCUT2D eigenvalue weighted by Crippen LogP contribution is -2.14. The fourth-order valence-corrected chi connectivity index (χ4v) is 2.26. The number of aryl methyl sites for hydroxylation is 1. The monoisotopic (exact) mass is 291 g/mol. The molecule has 2 rings (SSSR count). The Kier molecular flexibility index (Phi) is 4.62. The van der Waals surface area contributed by atoms with Gasteiger partial charge in [-0.3, -0.25) is 4.79 Å². The summed E-state index contributed by atoms with van der Waals surface area (Å²) in [5.41, 5.74) is 1.88. The fraction of sp³-hybridized carbons (Fsp3) is 0.308. The van der Waals surface area contributed by atoms with Gasteiger partial charge in [-0.1, -0.05) is 11.8 Å². The average molecular weight is 291 g/mol. The number of nitrogens with zero attached hydrogens (tertiary/aromatic N) is 4. The number of aromatic nitrogens is 3. The zero-order chi connectivity index (χ0) is 14.5. The van der Waals surface area contributed by atoms with Gasteiger partial charge in [-0.05, 0) is 24.3 Å². The first-order valence-electron chi connectivity index (χ1n) is 6.10. The van der Waals surface area contributed by atoms with Gasteiger partial charge in [0.15, 0.2) is 5.16 Å². The van der Waals surface area contributed by atoms with Crippen molar-refractivity contribution in [3.8, 4) is 0 Å². The van der Waals surface area contributed by atoms with Crippen molar-refractivity contribution in [3.05, 3.63) is 30.6 Å². The lowest BCUT2D eigenvalue weighted by atomic mass is 10.2. The molecule has 1 heterocycles. The zero-order valence-electron chi connectivity index (χ0n) is 11.7. The Morgan fingerprint density at radius 1 is 1.35 bits per heavy atom. The smallest absolute Gasteiger partial charge is 0.234 e. The molecule has 1 amide bonds. The first-order valence-corrected chi connectivity index (χ1v) is 7.09. The number of benzene rings is 1. The van der Waals surface area contributed by atoms with Crippen LogP contribution in [-0.4, -0.2) is 40.5 Å². The van der Waals surface area contributed by atoms with Crippen LogP contribution in [0.1, 0.15) is 0 Å². The molecule has 2 aromatic rings. The van der Waals surface area contributed by atoms with E-state index in [9.17, 15) is 4.79 Å². The lowest BCUT2D eigenvalue weighted by Gasteiger charge is -2.13. The van der Waals surface area contributed by atoms with Gasteiger partial charge in [0.05, 0.1) is 5.75 Å². The summed E-state index contributed by atoms with van der Waals surface area (Å²) in [6.07, 6.45) is 1.61. The van der Waals surface area contributed by atoms with Crippen molar-refractivity contribution in [2.24, 2.45) is 7.05 Å². The molecule has 0 aliphatic carbocycles. The van der Waals surface area contributed by atoms with Gasteiger partial charge in [-0.15, -0.1) is 10.2 Å². The number of amides is 1. The van der Waals surface area contributed by atoms with Crippen LogP contribution in [0.15, 0.2) is 35.7 Å². The molecule has 106 valence electrons. The Bertz CT molecular complexity index is 579. The summed E-state index contributed by atoms with van der Waals surface area (Å²) < 4.78 is 1.78. The van der Waals surface area contributed by atoms with E-state index in [-0.39, 0.29) is 5.91 Å². The second-order valence-electron chi connectivity index (χ2n) is 4.50. The molecule has 1 aromatic heterocycles. The molecule has 0 fully saturated rings. The van der Waals surface area contributed by atoms with E-state index in [1.807, 2.05) is 50.3 Å². The number of anilines is 2. The highest BCUT2D eigenvalue weighted by Gasteiger charge is 2.07. The Hall–Kier alpha value is -2.02. The molecule has 0 saturated heterocycles. The van der Waals surface area contributed by atoms with Gasteiger partial charge in [0.25, 0.3) is 0 Å². The van der Waals surface area contributed by atoms with E-state index in [2.05, 4.69) is 15.5 Å². The topological polar surface area (TPSA) is 63.1 Å². The van der Waals surface area contributed by atoms with Gasteiger partial charge in [-0.25, -0.2) is 0 Å². The number of thioether (sulfide) groups is 1. The molecule has 6 nitrogen and oxygen atoms in total. The largest absolute Gasteiger partial charge is 0.378 e. The number of nitrogens with one attached hydrogen (secondary N) is 1. The normalized spacial score (nSPS) is 10.3. The van der Waals surface area contributed by atoms with Crippen LogP contribution in [0.25, 0.3) is 0 Å². The van der Waals surface area contributed by atoms with Gasteiger partial charge in [0, 0.05) is 32.5 Å². The third-order valence-electron chi connectivity index (χ3n) is 2.67. The summed E-state index contributed by atoms with van der Waals surface area (Å²) in [5.74, 6) is 0.248. The van der Waals surface area contributed by atoms with Gasteiger partial charge >= 0.3 is 0 Å². The minimum atomic E-state index is -0.0596. The number of hydrogen-bond donors (Lipinski definition) is 1. The molecule has 0 aliphatic rings. The van der Waals surface area contributed by atoms with E-state index in [1.54, 1.807) is 10.9 Å². The Balaban J connectivity index is 1.86. The Morgan fingerprint density at radius 3 is 2.60 bits per heavy atom. The van der Waals surface area contributed by atoms with Crippen molar-refractivity contribution < 1.29 is 4.79 Å². The summed E-state index contributed by atoms with van der Waals surface area (Å²) in [7, 11) is 5.80. The van der Waals surface area contributed by atoms with Gasteiger partial charge in [0.1, 0.15) is 6.33 Å². The molecule has 0 bridgehead atoms. The summed E-state index contributed by atoms with van der Waals surface area (Å²) in [5, 5.41) is 11.3. The molecule has 0 unspecified atom stereocenters. The van der Waals surface area contributed by atoms with Crippen LogP contribution in [0.4, 0.5) is 11.4 Å². The minimum absolute atomic E-state index is 0.0596. The van der Waals surface area contributed by atoms with E-state index in [0.717, 1.165) is 16.5 Å². The van der Waals surface area contributed by atoms with Crippen molar-refractivity contribution in [2.75, 3.05) is 30.1 Å². The molecule has 7 heteroatoms. The van der Waals surface area contributed by atoms with Crippen LogP contribution in [0.2, 0.25) is 0 Å². The standard InChI is InChI=1S/C13H17N5OS/c1-17(2)11-6-4-10(5-7-11)15-12(19)8-20-13-16-14-9-18(13)3/h4-7,9H,8H2,1-3H3,(H,15,19). The van der Waals surface area contributed by atoms with Crippen molar-refractivity contribution in [3.63, 3.8) is 0 Å². The maximum atomic E-state index is 11.8. The Morgan fingerprint density at radius 2 is 2.05 bits per heavy atom. The molecular weight excluding hydrogens is 274 g/mol. The highest BCUT2D eigenvalue weighted by Crippen LogP contribution is 2.17. The van der Waals surface area contributed by atoms with E-state index in [4.69, 9.17) is 0 Å². The van der Waals surface area contributed by atoms with Gasteiger partial charge in [0.2, 0.25) is 5.91 Å². The maximum absolute atomic E-state index is 11.8. The van der Waals surface area contributed by atoms with Crippen LogP contribution in [0.3, 0.4) is 0 Å². The predicted molar refractivity (Wildman–Crippen MR) is 81.1 cm³/mol. The zero-order valence-corrected chi connectivity index (χ0v) is 12.5. The summed E-state index contributed by atoms with van der Waals surface area (Å²) in [4.78, 5) is 13.8. The molecule has 0 spiro atoms. The molecule has 1 N–H and O–H groups in total. The minimum Gasteiger partial charge on any atom is -0.378 e. The van der Waals surface area contributed by atoms with E-state index in [0.29, 0.717) is 5.75 Å². The van der Waals surface area contributed by atoms with Crippen molar-refractivity contribution >= 4 is 29.0 Å². The molecule has 0 aliphatic heterocycles. The Labute approximate surface area is 122 Å². The van der Waals surface area contributed by atoms with E-state index in [1.165, 1.54) is 11.8 Å². The van der Waals surface area contributed by atoms with E-state index < -0.39 is 0 Å². The second-order valence-corrected chi connectivity index (χ2v) is 5.45. The maximum Gasteiger partial charge on any atom is 0.234 e. The van der Waals surface area contributed by atoms with E-state index >= 15 is 0 Å². The molecule has 0 radical (unpaired) electrons. The first-order chi connectivity index (χ1) is 9.56. The molecule has 0 atom stereocenters. The number of carbonyl (C=O) groups excluding carboxylic acids is 1. The van der Waals surface area contributed by atoms with Crippen molar-refractivity contribution in [2.45, 2.75) is 5.16 Å². The second kappa shape index (κ2) is 6.42. The highest BCUT2D eigenvalue weighted by molar-refractivity contribution is 7.99. The molecule has 20 heavy (non-hydrogen) atoms. The average Bonchev–Trinajstić information content (AvgIpc) is 2.82. The van der Waals surface area contributed by atoms with Gasteiger partial charge in [-0.2, -0.15) is 0 Å². The quantitative estimate of drug-likeness (QED) is 0.848. The third-order valence-corrected chi connectivity index (χ3v) is 3.70. The van der Waals surface area contributed by atoms with Crippen molar-refractivity contribution in [1.29, 1.82) is 0 Å². The predicted octanol–water partition coefficient (Wildman–Crippen LogP) is 1.61. The molecule has 0 saturated carbocycles. The summed E-state index contributed by atoms with van der Waals surface area (Å²) in [6, 6.07) is 7.71. The van der Waals surface area contributed by atoms with Crippen LogP contribution in [-0.2, 0) is 11.8 Å². The van der Waals surface area contributed by atoms with Crippen LogP contribution in [0, 0.1) is 0 Å². The first kappa shape index (κ1) is 14.4. The van der Waals surface area contributed by atoms with Crippen LogP contribution in [0.5, 0.6) is 0 Å².